The van der Waals surface area contributed by atoms with Gasteiger partial charge in [0.1, 0.15) is 17.5 Å². The van der Waals surface area contributed by atoms with Crippen LogP contribution in [0.15, 0.2) is 12.1 Å². The SMILES string of the molecule is C.C.Cc1nc(NCC2CC(Oc3cc(F)c(F)c(F)c3)C2)nc2c1NC(=O)[C@H](C)N2C.S. The van der Waals surface area contributed by atoms with Crippen LogP contribution in [-0.2, 0) is 4.79 Å². The van der Waals surface area contributed by atoms with E-state index in [1.807, 2.05) is 18.9 Å². The predicted molar refractivity (Wildman–Crippen MR) is 129 cm³/mol. The molecular formula is C22H32F3N5O2S. The molecule has 0 radical (unpaired) electrons. The summed E-state index contributed by atoms with van der Waals surface area (Å²) < 4.78 is 45.1. The van der Waals surface area contributed by atoms with Crippen LogP contribution in [0.1, 0.15) is 40.3 Å². The fourth-order valence-electron chi connectivity index (χ4n) is 3.59. The van der Waals surface area contributed by atoms with Crippen molar-refractivity contribution in [2.24, 2.45) is 5.92 Å². The van der Waals surface area contributed by atoms with Gasteiger partial charge in [-0.05, 0) is 32.6 Å². The fraction of sp³-hybridized carbons (Fsp3) is 0.500. The first-order chi connectivity index (χ1) is 14.2. The van der Waals surface area contributed by atoms with Gasteiger partial charge in [0.05, 0.1) is 11.8 Å². The van der Waals surface area contributed by atoms with Gasteiger partial charge < -0.3 is 20.3 Å². The lowest BCUT2D eigenvalue weighted by Crippen LogP contribution is -2.45. The van der Waals surface area contributed by atoms with E-state index in [0.29, 0.717) is 42.5 Å². The summed E-state index contributed by atoms with van der Waals surface area (Å²) in [6, 6.07) is 1.37. The molecule has 2 heterocycles. The van der Waals surface area contributed by atoms with E-state index >= 15 is 0 Å². The molecule has 1 saturated carbocycles. The van der Waals surface area contributed by atoms with Crippen molar-refractivity contribution < 1.29 is 22.7 Å². The van der Waals surface area contributed by atoms with Crippen molar-refractivity contribution in [3.8, 4) is 5.75 Å². The van der Waals surface area contributed by atoms with Gasteiger partial charge in [-0.1, -0.05) is 14.9 Å². The number of hydrogen-bond donors (Lipinski definition) is 2. The van der Waals surface area contributed by atoms with Gasteiger partial charge >= 0.3 is 0 Å². The average Bonchev–Trinajstić information content (AvgIpc) is 2.67. The van der Waals surface area contributed by atoms with E-state index in [9.17, 15) is 18.0 Å². The van der Waals surface area contributed by atoms with Crippen LogP contribution in [0.25, 0.3) is 0 Å². The Morgan fingerprint density at radius 1 is 1.18 bits per heavy atom. The molecule has 1 amide bonds. The first-order valence-corrected chi connectivity index (χ1v) is 9.70. The van der Waals surface area contributed by atoms with Gasteiger partial charge in [-0.25, -0.2) is 18.2 Å². The van der Waals surface area contributed by atoms with Crippen LogP contribution in [0.4, 0.5) is 30.6 Å². The molecule has 1 aromatic carbocycles. The summed E-state index contributed by atoms with van der Waals surface area (Å²) in [5, 5.41) is 6.04. The first kappa shape index (κ1) is 28.3. The highest BCUT2D eigenvalue weighted by atomic mass is 32.1. The van der Waals surface area contributed by atoms with Crippen molar-refractivity contribution in [2.75, 3.05) is 29.1 Å². The second-order valence-electron chi connectivity index (χ2n) is 7.77. The van der Waals surface area contributed by atoms with Crippen LogP contribution in [0, 0.1) is 30.3 Å². The molecule has 1 aliphatic heterocycles. The van der Waals surface area contributed by atoms with Crippen LogP contribution in [0.5, 0.6) is 5.75 Å². The normalized spacial score (nSPS) is 20.7. The number of nitrogens with one attached hydrogen (secondary N) is 2. The Kier molecular flexibility index (Phi) is 9.41. The van der Waals surface area contributed by atoms with Gasteiger partial charge in [0.15, 0.2) is 23.3 Å². The number of anilines is 3. The standard InChI is InChI=1S/C20H22F3N5O2.2CH4.H2S/c1-9-17-18(28(3)10(2)19(29)26-17)27-20(25-9)24-8-11-4-12(5-11)30-13-6-14(21)16(23)15(22)7-13;;;/h6-7,10-12H,4-5,8H2,1-3H3,(H,26,29)(H,24,25,27);2*1H4;1H2/t10-,11?,12?;;;/m0.../s1. The molecule has 2 aromatic rings. The molecule has 7 nitrogen and oxygen atoms in total. The summed E-state index contributed by atoms with van der Waals surface area (Å²) in [6.07, 6.45) is 1.18. The summed E-state index contributed by atoms with van der Waals surface area (Å²) in [7, 11) is 1.81. The Balaban J connectivity index is 0.00000181. The topological polar surface area (TPSA) is 79.4 Å². The van der Waals surface area contributed by atoms with Gasteiger partial charge in [-0.15, -0.1) is 0 Å². The molecule has 1 fully saturated rings. The van der Waals surface area contributed by atoms with Crippen LogP contribution in [0.3, 0.4) is 0 Å². The summed E-state index contributed by atoms with van der Waals surface area (Å²) >= 11 is 0. The van der Waals surface area contributed by atoms with Gasteiger partial charge in [-0.2, -0.15) is 18.5 Å². The maximum absolute atomic E-state index is 13.3. The Morgan fingerprint density at radius 3 is 2.39 bits per heavy atom. The maximum atomic E-state index is 13.3. The average molecular weight is 488 g/mol. The number of carbonyl (C=O) groups is 1. The number of aromatic nitrogens is 2. The van der Waals surface area contributed by atoms with Gasteiger partial charge in [0, 0.05) is 25.7 Å². The molecule has 33 heavy (non-hydrogen) atoms. The van der Waals surface area contributed by atoms with E-state index in [2.05, 4.69) is 20.6 Å². The third-order valence-corrected chi connectivity index (χ3v) is 5.61. The molecule has 0 unspecified atom stereocenters. The molecule has 4 rings (SSSR count). The van der Waals surface area contributed by atoms with Crippen molar-refractivity contribution in [2.45, 2.75) is 53.7 Å². The number of ether oxygens (including phenoxy) is 1. The van der Waals surface area contributed by atoms with E-state index in [0.717, 1.165) is 12.1 Å². The van der Waals surface area contributed by atoms with Crippen LogP contribution in [0.2, 0.25) is 0 Å². The lowest BCUT2D eigenvalue weighted by molar-refractivity contribution is -0.117. The van der Waals surface area contributed by atoms with Crippen molar-refractivity contribution in [3.05, 3.63) is 35.3 Å². The molecule has 1 aromatic heterocycles. The quantitative estimate of drug-likeness (QED) is 0.599. The summed E-state index contributed by atoms with van der Waals surface area (Å²) in [4.78, 5) is 22.7. The highest BCUT2D eigenvalue weighted by Gasteiger charge is 2.32. The minimum atomic E-state index is -1.50. The van der Waals surface area contributed by atoms with Gasteiger partial charge in [0.25, 0.3) is 0 Å². The van der Waals surface area contributed by atoms with Crippen LogP contribution in [-0.4, -0.2) is 41.6 Å². The molecule has 0 bridgehead atoms. The third kappa shape index (κ3) is 5.63. The number of aryl methyl sites for hydroxylation is 1. The summed E-state index contributed by atoms with van der Waals surface area (Å²) in [5.74, 6) is -2.74. The number of hydrogen-bond acceptors (Lipinski definition) is 6. The highest BCUT2D eigenvalue weighted by molar-refractivity contribution is 7.59. The lowest BCUT2D eigenvalue weighted by atomic mass is 9.82. The number of rotatable bonds is 5. The maximum Gasteiger partial charge on any atom is 0.246 e. The fourth-order valence-corrected chi connectivity index (χ4v) is 3.59. The number of amides is 1. The minimum Gasteiger partial charge on any atom is -0.490 e. The van der Waals surface area contributed by atoms with E-state index in [1.54, 1.807) is 6.92 Å². The Hall–Kier alpha value is -2.69. The zero-order chi connectivity index (χ0) is 21.6. The van der Waals surface area contributed by atoms with E-state index in [4.69, 9.17) is 4.74 Å². The Labute approximate surface area is 199 Å². The monoisotopic (exact) mass is 487 g/mol. The zero-order valence-electron chi connectivity index (χ0n) is 17.3. The number of benzene rings is 1. The minimum absolute atomic E-state index is 0. The largest absolute Gasteiger partial charge is 0.490 e. The van der Waals surface area contributed by atoms with Crippen molar-refractivity contribution in [1.29, 1.82) is 0 Å². The van der Waals surface area contributed by atoms with Gasteiger partial charge in [0.2, 0.25) is 11.9 Å². The molecule has 184 valence electrons. The Bertz CT molecular complexity index is 981. The first-order valence-electron chi connectivity index (χ1n) is 9.70. The lowest BCUT2D eigenvalue weighted by Gasteiger charge is -2.36. The van der Waals surface area contributed by atoms with Crippen molar-refractivity contribution in [3.63, 3.8) is 0 Å². The predicted octanol–water partition coefficient (Wildman–Crippen LogP) is 4.63. The number of fused-ring (bicyclic) bond motifs is 1. The number of nitrogens with zero attached hydrogens (tertiary/aromatic N) is 3. The van der Waals surface area contributed by atoms with Crippen molar-refractivity contribution >= 4 is 36.9 Å². The second kappa shape index (κ2) is 11.0. The van der Waals surface area contributed by atoms with E-state index in [1.165, 1.54) is 0 Å². The Morgan fingerprint density at radius 2 is 1.79 bits per heavy atom. The van der Waals surface area contributed by atoms with Crippen molar-refractivity contribution in [1.82, 2.24) is 9.97 Å². The summed E-state index contributed by atoms with van der Waals surface area (Å²) in [6.45, 7) is 4.22. The molecule has 0 spiro atoms. The molecule has 2 N–H and O–H groups in total. The molecule has 1 aliphatic carbocycles. The molecule has 1 atom stereocenters. The van der Waals surface area contributed by atoms with E-state index < -0.39 is 17.5 Å². The highest BCUT2D eigenvalue weighted by Crippen LogP contribution is 2.34. The number of carbonyl (C=O) groups excluding carboxylic acids is 1. The number of halogens is 3. The third-order valence-electron chi connectivity index (χ3n) is 5.61. The second-order valence-corrected chi connectivity index (χ2v) is 7.77. The van der Waals surface area contributed by atoms with Gasteiger partial charge in [-0.3, -0.25) is 4.79 Å². The van der Waals surface area contributed by atoms with E-state index in [-0.39, 0.29) is 58.1 Å². The molecule has 2 aliphatic rings. The van der Waals surface area contributed by atoms with Crippen LogP contribution < -0.4 is 20.3 Å². The molecule has 11 heteroatoms. The zero-order valence-corrected chi connectivity index (χ0v) is 18.3. The number of likely N-dealkylation sites (N-methyl/N-ethyl adjacent to an activating group) is 1. The van der Waals surface area contributed by atoms with Crippen LogP contribution >= 0.6 is 13.5 Å². The molecular weight excluding hydrogens is 455 g/mol. The molecule has 0 saturated heterocycles. The smallest absolute Gasteiger partial charge is 0.246 e. The summed E-state index contributed by atoms with van der Waals surface area (Å²) in [5.41, 5.74) is 1.28.